The second kappa shape index (κ2) is 4.91. The molecule has 1 heterocycles. The Hall–Kier alpha value is -1.31. The van der Waals surface area contributed by atoms with Crippen molar-refractivity contribution in [3.05, 3.63) is 50.7 Å². The first kappa shape index (κ1) is 12.2. The molecule has 0 fully saturated rings. The number of halogens is 2. The summed E-state index contributed by atoms with van der Waals surface area (Å²) in [5.74, 6) is 0. The second-order valence-corrected chi connectivity index (χ2v) is 4.92. The van der Waals surface area contributed by atoms with Crippen molar-refractivity contribution in [3.8, 4) is 6.07 Å². The van der Waals surface area contributed by atoms with Crippen LogP contribution in [0.5, 0.6) is 0 Å². The summed E-state index contributed by atoms with van der Waals surface area (Å²) in [4.78, 5) is 0. The van der Waals surface area contributed by atoms with Crippen molar-refractivity contribution < 1.29 is 0 Å². The summed E-state index contributed by atoms with van der Waals surface area (Å²) in [6.07, 6.45) is 0. The average Bonchev–Trinajstić information content (AvgIpc) is 2.54. The molecule has 0 aliphatic rings. The third-order valence-corrected chi connectivity index (χ3v) is 3.28. The summed E-state index contributed by atoms with van der Waals surface area (Å²) in [7, 11) is 0. The Kier molecular flexibility index (Phi) is 3.51. The fraction of sp³-hybridized carbons (Fsp3) is 0.167. The number of aryl methyl sites for hydroxylation is 1. The lowest BCUT2D eigenvalue weighted by Crippen LogP contribution is -2.02. The fourth-order valence-corrected chi connectivity index (χ4v) is 2.32. The van der Waals surface area contributed by atoms with Gasteiger partial charge in [-0.3, -0.25) is 0 Å². The Morgan fingerprint density at radius 2 is 2.29 bits per heavy atom. The average molecular weight is 311 g/mol. The van der Waals surface area contributed by atoms with Crippen LogP contribution in [0.15, 0.2) is 28.7 Å². The van der Waals surface area contributed by atoms with Crippen molar-refractivity contribution >= 4 is 27.5 Å². The molecule has 0 radical (unpaired) electrons. The predicted molar refractivity (Wildman–Crippen MR) is 69.9 cm³/mol. The first-order valence-electron chi connectivity index (χ1n) is 4.99. The summed E-state index contributed by atoms with van der Waals surface area (Å²) >= 11 is 9.50. The van der Waals surface area contributed by atoms with Gasteiger partial charge in [0.25, 0.3) is 0 Å². The van der Waals surface area contributed by atoms with Gasteiger partial charge < -0.3 is 0 Å². The zero-order valence-corrected chi connectivity index (χ0v) is 11.5. The molecule has 1 aromatic heterocycles. The highest BCUT2D eigenvalue weighted by Gasteiger charge is 2.12. The molecule has 17 heavy (non-hydrogen) atoms. The van der Waals surface area contributed by atoms with Crippen LogP contribution in [0.25, 0.3) is 0 Å². The first-order valence-corrected chi connectivity index (χ1v) is 6.16. The zero-order valence-electron chi connectivity index (χ0n) is 9.11. The number of hydrogen-bond acceptors (Lipinski definition) is 2. The van der Waals surface area contributed by atoms with Crippen molar-refractivity contribution in [2.24, 2.45) is 0 Å². The summed E-state index contributed by atoms with van der Waals surface area (Å²) < 4.78 is 2.65. The van der Waals surface area contributed by atoms with E-state index in [1.165, 1.54) is 0 Å². The van der Waals surface area contributed by atoms with Gasteiger partial charge in [0.15, 0.2) is 0 Å². The molecule has 0 saturated carbocycles. The molecule has 2 aromatic rings. The topological polar surface area (TPSA) is 41.6 Å². The number of nitriles is 1. The number of aromatic nitrogens is 2. The molecular formula is C12H9BrClN3. The van der Waals surface area contributed by atoms with Crippen molar-refractivity contribution in [1.29, 1.82) is 5.26 Å². The van der Waals surface area contributed by atoms with E-state index in [4.69, 9.17) is 16.9 Å². The summed E-state index contributed by atoms with van der Waals surface area (Å²) in [5.41, 5.74) is 2.18. The molecule has 0 bridgehead atoms. The van der Waals surface area contributed by atoms with Crippen molar-refractivity contribution in [1.82, 2.24) is 9.78 Å². The monoisotopic (exact) mass is 309 g/mol. The minimum Gasteiger partial charge on any atom is -0.248 e. The standard InChI is InChI=1S/C12H9BrClN3/c1-8-11(6-15)12(14)17(16-8)7-9-3-2-4-10(13)5-9/h2-5H,7H2,1H3. The largest absolute Gasteiger partial charge is 0.248 e. The summed E-state index contributed by atoms with van der Waals surface area (Å²) in [6, 6.07) is 9.96. The van der Waals surface area contributed by atoms with Crippen LogP contribution in [-0.2, 0) is 6.54 Å². The third-order valence-electron chi connectivity index (χ3n) is 2.40. The van der Waals surface area contributed by atoms with E-state index in [0.29, 0.717) is 23.0 Å². The Labute approximate surface area is 113 Å². The molecule has 0 unspecified atom stereocenters. The minimum absolute atomic E-state index is 0.393. The van der Waals surface area contributed by atoms with Gasteiger partial charge in [-0.2, -0.15) is 10.4 Å². The van der Waals surface area contributed by atoms with E-state index < -0.39 is 0 Å². The molecule has 0 spiro atoms. The Morgan fingerprint density at radius 3 is 2.88 bits per heavy atom. The van der Waals surface area contributed by atoms with Crippen LogP contribution in [0.4, 0.5) is 0 Å². The van der Waals surface area contributed by atoms with Crippen molar-refractivity contribution in [2.75, 3.05) is 0 Å². The lowest BCUT2D eigenvalue weighted by Gasteiger charge is -2.03. The first-order chi connectivity index (χ1) is 8.11. The molecule has 3 nitrogen and oxygen atoms in total. The zero-order chi connectivity index (χ0) is 12.4. The van der Waals surface area contributed by atoms with E-state index >= 15 is 0 Å². The van der Waals surface area contributed by atoms with E-state index in [1.54, 1.807) is 11.6 Å². The molecule has 86 valence electrons. The highest BCUT2D eigenvalue weighted by atomic mass is 79.9. The molecular weight excluding hydrogens is 302 g/mol. The van der Waals surface area contributed by atoms with Gasteiger partial charge in [-0.05, 0) is 24.6 Å². The van der Waals surface area contributed by atoms with Gasteiger partial charge in [0.1, 0.15) is 16.8 Å². The highest BCUT2D eigenvalue weighted by molar-refractivity contribution is 9.10. The molecule has 0 atom stereocenters. The van der Waals surface area contributed by atoms with E-state index in [2.05, 4.69) is 27.1 Å². The second-order valence-electron chi connectivity index (χ2n) is 3.65. The van der Waals surface area contributed by atoms with Crippen LogP contribution in [0.2, 0.25) is 5.15 Å². The summed E-state index contributed by atoms with van der Waals surface area (Å²) in [5, 5.41) is 13.6. The lowest BCUT2D eigenvalue weighted by molar-refractivity contribution is 0.680. The van der Waals surface area contributed by atoms with Crippen molar-refractivity contribution in [2.45, 2.75) is 13.5 Å². The van der Waals surface area contributed by atoms with Crippen LogP contribution in [0.3, 0.4) is 0 Å². The third kappa shape index (κ3) is 2.51. The maximum absolute atomic E-state index is 8.93. The molecule has 0 N–H and O–H groups in total. The van der Waals surface area contributed by atoms with Crippen LogP contribution < -0.4 is 0 Å². The van der Waals surface area contributed by atoms with Gasteiger partial charge in [0.2, 0.25) is 0 Å². The molecule has 1 aromatic carbocycles. The quantitative estimate of drug-likeness (QED) is 0.851. The molecule has 0 aliphatic carbocycles. The number of nitrogens with zero attached hydrogens (tertiary/aromatic N) is 3. The molecule has 0 saturated heterocycles. The fourth-order valence-electron chi connectivity index (χ4n) is 1.59. The van der Waals surface area contributed by atoms with Crippen molar-refractivity contribution in [3.63, 3.8) is 0 Å². The van der Waals surface area contributed by atoms with Gasteiger partial charge in [-0.15, -0.1) is 0 Å². The van der Waals surface area contributed by atoms with Gasteiger partial charge in [-0.1, -0.05) is 39.7 Å². The summed E-state index contributed by atoms with van der Waals surface area (Å²) in [6.45, 7) is 2.34. The molecule has 2 rings (SSSR count). The highest BCUT2D eigenvalue weighted by Crippen LogP contribution is 2.20. The van der Waals surface area contributed by atoms with Gasteiger partial charge in [0, 0.05) is 4.47 Å². The molecule has 0 amide bonds. The van der Waals surface area contributed by atoms with Crippen LogP contribution in [0.1, 0.15) is 16.8 Å². The maximum Gasteiger partial charge on any atom is 0.145 e. The Bertz CT molecular complexity index is 598. The lowest BCUT2D eigenvalue weighted by atomic mass is 10.2. The maximum atomic E-state index is 8.93. The Balaban J connectivity index is 2.34. The van der Waals surface area contributed by atoms with E-state index in [-0.39, 0.29) is 0 Å². The van der Waals surface area contributed by atoms with Gasteiger partial charge >= 0.3 is 0 Å². The minimum atomic E-state index is 0.393. The molecule has 5 heteroatoms. The Morgan fingerprint density at radius 1 is 1.53 bits per heavy atom. The predicted octanol–water partition coefficient (Wildman–Crippen LogP) is 3.53. The number of benzene rings is 1. The van der Waals surface area contributed by atoms with E-state index in [0.717, 1.165) is 10.0 Å². The van der Waals surface area contributed by atoms with Gasteiger partial charge in [-0.25, -0.2) is 4.68 Å². The normalized spacial score (nSPS) is 10.2. The number of rotatable bonds is 2. The number of hydrogen-bond donors (Lipinski definition) is 0. The smallest absolute Gasteiger partial charge is 0.145 e. The van der Waals surface area contributed by atoms with Gasteiger partial charge in [0.05, 0.1) is 12.2 Å². The van der Waals surface area contributed by atoms with E-state index in [1.807, 2.05) is 24.3 Å². The van der Waals surface area contributed by atoms with Crippen LogP contribution >= 0.6 is 27.5 Å². The SMILES string of the molecule is Cc1nn(Cc2cccc(Br)c2)c(Cl)c1C#N. The van der Waals surface area contributed by atoms with E-state index in [9.17, 15) is 0 Å². The van der Waals surface area contributed by atoms with Crippen LogP contribution in [-0.4, -0.2) is 9.78 Å². The van der Waals surface area contributed by atoms with Crippen LogP contribution in [0, 0.1) is 18.3 Å². The molecule has 0 aliphatic heterocycles.